The van der Waals surface area contributed by atoms with E-state index in [0.717, 1.165) is 0 Å². The third kappa shape index (κ3) is 2.47. The molecule has 0 radical (unpaired) electrons. The molecule has 2 aromatic carbocycles. The van der Waals surface area contributed by atoms with E-state index in [1.54, 1.807) is 10.6 Å². The van der Waals surface area contributed by atoms with Crippen molar-refractivity contribution in [3.8, 4) is 0 Å². The molecule has 0 fully saturated rings. The monoisotopic (exact) mass is 272 g/mol. The summed E-state index contributed by atoms with van der Waals surface area (Å²) in [5.41, 5.74) is 1.38. The van der Waals surface area contributed by atoms with Crippen LogP contribution in [0.25, 0.3) is 0 Å². The number of benzene rings is 2. The second-order valence-corrected chi connectivity index (χ2v) is 11.1. The molecule has 0 spiro atoms. The van der Waals surface area contributed by atoms with Crippen LogP contribution in [0, 0.1) is 0 Å². The van der Waals surface area contributed by atoms with Crippen LogP contribution < -0.4 is 10.6 Å². The van der Waals surface area contributed by atoms with Gasteiger partial charge in [-0.2, -0.15) is 0 Å². The van der Waals surface area contributed by atoms with Crippen LogP contribution >= 0.6 is 7.26 Å². The van der Waals surface area contributed by atoms with Crippen molar-refractivity contribution in [3.05, 3.63) is 60.7 Å². The Bertz CT molecular complexity index is 450. The Hall–Kier alpha value is -1.13. The van der Waals surface area contributed by atoms with Gasteiger partial charge in [-0.25, -0.2) is 0 Å². The fourth-order valence-corrected chi connectivity index (χ4v) is 9.42. The van der Waals surface area contributed by atoms with Gasteiger partial charge in [0.1, 0.15) is 0 Å². The van der Waals surface area contributed by atoms with Gasteiger partial charge >= 0.3 is 118 Å². The SMILES string of the molecule is CC(C)[PH](c1ccccc1)(c1ccccc1)C(C)C. The van der Waals surface area contributed by atoms with E-state index >= 15 is 0 Å². The quantitative estimate of drug-likeness (QED) is 0.732. The standard InChI is InChI=1S/C18H25P/c1-15(2)19(16(3)4,17-11-7-5-8-12-17)18-13-9-6-10-14-18/h5-16,19H,1-4H3. The average molecular weight is 272 g/mol. The van der Waals surface area contributed by atoms with Gasteiger partial charge in [0.05, 0.1) is 0 Å². The van der Waals surface area contributed by atoms with E-state index in [9.17, 15) is 0 Å². The van der Waals surface area contributed by atoms with Gasteiger partial charge in [0.15, 0.2) is 0 Å². The van der Waals surface area contributed by atoms with Crippen molar-refractivity contribution in [2.45, 2.75) is 39.0 Å². The Labute approximate surface area is 118 Å². The second-order valence-electron chi connectivity index (χ2n) is 5.91. The molecule has 2 aromatic rings. The summed E-state index contributed by atoms with van der Waals surface area (Å²) in [6.07, 6.45) is 0. The minimum absolute atomic E-state index is 0.692. The van der Waals surface area contributed by atoms with Crippen LogP contribution in [-0.4, -0.2) is 11.3 Å². The molecular weight excluding hydrogens is 247 g/mol. The molecule has 0 unspecified atom stereocenters. The molecule has 0 amide bonds. The summed E-state index contributed by atoms with van der Waals surface area (Å²) in [5, 5.41) is 3.12. The molecular formula is C18H25P. The van der Waals surface area contributed by atoms with Crippen LogP contribution in [0.2, 0.25) is 0 Å². The molecule has 0 atom stereocenters. The Morgan fingerprint density at radius 1 is 0.579 bits per heavy atom. The Kier molecular flexibility index (Phi) is 4.42. The van der Waals surface area contributed by atoms with Crippen molar-refractivity contribution < 1.29 is 0 Å². The third-order valence-corrected chi connectivity index (χ3v) is 10.5. The van der Waals surface area contributed by atoms with Crippen molar-refractivity contribution in [1.29, 1.82) is 0 Å². The summed E-state index contributed by atoms with van der Waals surface area (Å²) in [6.45, 7) is 9.58. The van der Waals surface area contributed by atoms with Crippen LogP contribution in [0.1, 0.15) is 27.7 Å². The van der Waals surface area contributed by atoms with Crippen molar-refractivity contribution >= 4 is 17.9 Å². The van der Waals surface area contributed by atoms with Gasteiger partial charge in [-0.05, 0) is 0 Å². The van der Waals surface area contributed by atoms with E-state index in [1.165, 1.54) is 0 Å². The summed E-state index contributed by atoms with van der Waals surface area (Å²) in [5.74, 6) is 0. The molecule has 0 aromatic heterocycles. The molecule has 2 rings (SSSR count). The van der Waals surface area contributed by atoms with E-state index in [0.29, 0.717) is 11.3 Å². The maximum absolute atomic E-state index is 2.40. The fraction of sp³-hybridized carbons (Fsp3) is 0.333. The van der Waals surface area contributed by atoms with E-state index in [-0.39, 0.29) is 0 Å². The summed E-state index contributed by atoms with van der Waals surface area (Å²) < 4.78 is 0. The van der Waals surface area contributed by atoms with Crippen molar-refractivity contribution in [2.24, 2.45) is 0 Å². The first kappa shape index (κ1) is 14.3. The second kappa shape index (κ2) is 5.88. The van der Waals surface area contributed by atoms with Crippen LogP contribution in [0.15, 0.2) is 60.7 Å². The molecule has 0 saturated carbocycles. The predicted octanol–water partition coefficient (Wildman–Crippen LogP) is 4.20. The molecule has 0 aliphatic heterocycles. The van der Waals surface area contributed by atoms with Gasteiger partial charge in [0.2, 0.25) is 0 Å². The molecule has 0 heterocycles. The zero-order valence-corrected chi connectivity index (χ0v) is 13.4. The first-order valence-corrected chi connectivity index (χ1v) is 9.36. The van der Waals surface area contributed by atoms with Crippen molar-refractivity contribution in [3.63, 3.8) is 0 Å². The molecule has 19 heavy (non-hydrogen) atoms. The Morgan fingerprint density at radius 3 is 1.16 bits per heavy atom. The minimum atomic E-state index is -1.70. The molecule has 0 nitrogen and oxygen atoms in total. The van der Waals surface area contributed by atoms with Crippen LogP contribution in [0.5, 0.6) is 0 Å². The maximum atomic E-state index is 2.40. The first-order chi connectivity index (χ1) is 9.10. The van der Waals surface area contributed by atoms with Crippen LogP contribution in [-0.2, 0) is 0 Å². The van der Waals surface area contributed by atoms with Gasteiger partial charge in [-0.1, -0.05) is 0 Å². The molecule has 0 N–H and O–H groups in total. The predicted molar refractivity (Wildman–Crippen MR) is 90.7 cm³/mol. The van der Waals surface area contributed by atoms with Crippen LogP contribution in [0.3, 0.4) is 0 Å². The number of hydrogen-bond acceptors (Lipinski definition) is 0. The summed E-state index contributed by atoms with van der Waals surface area (Å²) in [4.78, 5) is 0. The van der Waals surface area contributed by atoms with Gasteiger partial charge in [-0.3, -0.25) is 0 Å². The van der Waals surface area contributed by atoms with E-state index in [1.807, 2.05) is 0 Å². The van der Waals surface area contributed by atoms with Crippen LogP contribution in [0.4, 0.5) is 0 Å². The molecule has 0 bridgehead atoms. The average Bonchev–Trinajstić information content (AvgIpc) is 2.41. The Balaban J connectivity index is 2.69. The molecule has 102 valence electrons. The van der Waals surface area contributed by atoms with E-state index in [2.05, 4.69) is 88.4 Å². The molecule has 1 heteroatoms. The number of hydrogen-bond donors (Lipinski definition) is 0. The first-order valence-electron chi connectivity index (χ1n) is 7.21. The van der Waals surface area contributed by atoms with Crippen molar-refractivity contribution in [1.82, 2.24) is 0 Å². The summed E-state index contributed by atoms with van der Waals surface area (Å²) in [7, 11) is -1.70. The fourth-order valence-electron chi connectivity index (χ4n) is 3.59. The van der Waals surface area contributed by atoms with Gasteiger partial charge in [0, 0.05) is 0 Å². The topological polar surface area (TPSA) is 0 Å². The van der Waals surface area contributed by atoms with E-state index < -0.39 is 7.26 Å². The molecule has 0 aliphatic rings. The zero-order valence-electron chi connectivity index (χ0n) is 12.4. The normalized spacial score (nSPS) is 12.9. The Morgan fingerprint density at radius 2 is 0.895 bits per heavy atom. The zero-order chi connectivity index (χ0) is 13.9. The number of rotatable bonds is 4. The summed E-state index contributed by atoms with van der Waals surface area (Å²) in [6, 6.07) is 22.3. The summed E-state index contributed by atoms with van der Waals surface area (Å²) >= 11 is 0. The van der Waals surface area contributed by atoms with E-state index in [4.69, 9.17) is 0 Å². The van der Waals surface area contributed by atoms with Gasteiger partial charge < -0.3 is 0 Å². The van der Waals surface area contributed by atoms with Crippen molar-refractivity contribution in [2.75, 3.05) is 0 Å². The molecule has 0 saturated heterocycles. The van der Waals surface area contributed by atoms with Gasteiger partial charge in [0.25, 0.3) is 0 Å². The van der Waals surface area contributed by atoms with Gasteiger partial charge in [-0.15, -0.1) is 0 Å². The molecule has 0 aliphatic carbocycles. The third-order valence-electron chi connectivity index (χ3n) is 4.32.